The molecule has 3 rings (SSSR count). The topological polar surface area (TPSA) is 61.9 Å². The minimum absolute atomic E-state index is 0.0123. The molecule has 2 amide bonds. The van der Waals surface area contributed by atoms with Crippen molar-refractivity contribution < 1.29 is 14.3 Å². The number of hydrogen-bond acceptors (Lipinski definition) is 5. The van der Waals surface area contributed by atoms with Gasteiger partial charge in [0, 0.05) is 42.7 Å². The fourth-order valence-corrected chi connectivity index (χ4v) is 3.83. The summed E-state index contributed by atoms with van der Waals surface area (Å²) in [7, 11) is 1.62. The number of methoxy groups -OCH3 is 1. The van der Waals surface area contributed by atoms with E-state index in [1.807, 2.05) is 48.7 Å². The van der Waals surface area contributed by atoms with Crippen molar-refractivity contribution in [3.63, 3.8) is 0 Å². The maximum Gasteiger partial charge on any atom is 0.244 e. The van der Waals surface area contributed by atoms with Gasteiger partial charge in [0.15, 0.2) is 0 Å². The molecule has 1 aromatic carbocycles. The van der Waals surface area contributed by atoms with Gasteiger partial charge >= 0.3 is 0 Å². The van der Waals surface area contributed by atoms with E-state index in [0.29, 0.717) is 26.1 Å². The number of nitrogens with one attached hydrogen (secondary N) is 1. The average molecular weight is 388 g/mol. The van der Waals surface area contributed by atoms with Gasteiger partial charge in [0.05, 0.1) is 19.7 Å². The zero-order valence-corrected chi connectivity index (χ0v) is 16.5. The van der Waals surface area contributed by atoms with Gasteiger partial charge in [-0.1, -0.05) is 12.1 Å². The van der Waals surface area contributed by atoms with Gasteiger partial charge in [-0.2, -0.15) is 0 Å². The van der Waals surface area contributed by atoms with Crippen molar-refractivity contribution >= 4 is 28.8 Å². The van der Waals surface area contributed by atoms with Crippen LogP contribution in [0.25, 0.3) is 0 Å². The predicted molar refractivity (Wildman–Crippen MR) is 107 cm³/mol. The van der Waals surface area contributed by atoms with Crippen molar-refractivity contribution in [1.82, 2.24) is 10.2 Å². The normalized spacial score (nSPS) is 17.8. The molecule has 144 valence electrons. The number of piperazine rings is 1. The number of nitrogens with zero attached hydrogens (tertiary/aromatic N) is 2. The Morgan fingerprint density at radius 2 is 2.15 bits per heavy atom. The van der Waals surface area contributed by atoms with Crippen LogP contribution in [0.1, 0.15) is 18.2 Å². The first-order valence-corrected chi connectivity index (χ1v) is 9.95. The summed E-state index contributed by atoms with van der Waals surface area (Å²) in [6.07, 6.45) is 0.391. The highest BCUT2D eigenvalue weighted by Gasteiger charge is 2.32. The van der Waals surface area contributed by atoms with Crippen LogP contribution in [0.15, 0.2) is 41.8 Å². The molecule has 0 saturated carbocycles. The molecule has 1 fully saturated rings. The molecule has 2 aromatic rings. The molecule has 1 aliphatic rings. The lowest BCUT2D eigenvalue weighted by atomic mass is 10.1. The lowest BCUT2D eigenvalue weighted by Crippen LogP contribution is -2.56. The van der Waals surface area contributed by atoms with Gasteiger partial charge in [0.25, 0.3) is 0 Å². The third-order valence-electron chi connectivity index (χ3n) is 4.81. The molecule has 7 heteroatoms. The van der Waals surface area contributed by atoms with E-state index in [4.69, 9.17) is 4.74 Å². The first kappa shape index (κ1) is 19.4. The van der Waals surface area contributed by atoms with Crippen LogP contribution in [0.5, 0.6) is 5.75 Å². The van der Waals surface area contributed by atoms with Crippen LogP contribution in [-0.4, -0.2) is 49.5 Å². The van der Waals surface area contributed by atoms with E-state index in [1.54, 1.807) is 23.3 Å². The maximum absolute atomic E-state index is 12.8. The summed E-state index contributed by atoms with van der Waals surface area (Å²) in [5.74, 6) is 0.796. The predicted octanol–water partition coefficient (Wildman–Crippen LogP) is 2.50. The number of hydrogen-bond donors (Lipinski definition) is 1. The van der Waals surface area contributed by atoms with Gasteiger partial charge in [-0.15, -0.1) is 11.3 Å². The maximum atomic E-state index is 12.8. The van der Waals surface area contributed by atoms with Crippen LogP contribution in [0.3, 0.4) is 0 Å². The highest BCUT2D eigenvalue weighted by Crippen LogP contribution is 2.24. The Balaban J connectivity index is 1.51. The second-order valence-corrected chi connectivity index (χ2v) is 7.54. The summed E-state index contributed by atoms with van der Waals surface area (Å²) in [5.41, 5.74) is 0.847. The van der Waals surface area contributed by atoms with Crippen molar-refractivity contribution in [3.05, 3.63) is 46.7 Å². The number of ether oxygens (including phenoxy) is 1. The van der Waals surface area contributed by atoms with Gasteiger partial charge in [0.1, 0.15) is 5.75 Å². The highest BCUT2D eigenvalue weighted by molar-refractivity contribution is 7.09. The monoisotopic (exact) mass is 387 g/mol. The number of thiophene rings is 1. The first-order valence-electron chi connectivity index (χ1n) is 9.07. The Kier molecular flexibility index (Phi) is 6.47. The summed E-state index contributed by atoms with van der Waals surface area (Å²) in [5, 5.41) is 4.93. The fourth-order valence-electron chi connectivity index (χ4n) is 3.19. The summed E-state index contributed by atoms with van der Waals surface area (Å²) in [4.78, 5) is 29.9. The molecule has 2 heterocycles. The van der Waals surface area contributed by atoms with Crippen LogP contribution >= 0.6 is 11.3 Å². The van der Waals surface area contributed by atoms with E-state index in [9.17, 15) is 9.59 Å². The number of benzene rings is 1. The molecule has 1 atom stereocenters. The average Bonchev–Trinajstić information content (AvgIpc) is 3.21. The molecular formula is C20H25N3O3S. The Bertz CT molecular complexity index is 779. The highest BCUT2D eigenvalue weighted by atomic mass is 32.1. The van der Waals surface area contributed by atoms with E-state index in [0.717, 1.165) is 22.9 Å². The van der Waals surface area contributed by atoms with Gasteiger partial charge in [-0.25, -0.2) is 0 Å². The largest absolute Gasteiger partial charge is 0.497 e. The summed E-state index contributed by atoms with van der Waals surface area (Å²) in [6.45, 7) is 4.39. The number of amides is 2. The summed E-state index contributed by atoms with van der Waals surface area (Å²) < 4.78 is 5.25. The molecule has 0 bridgehead atoms. The van der Waals surface area contributed by atoms with E-state index in [-0.39, 0.29) is 17.9 Å². The van der Waals surface area contributed by atoms with E-state index in [2.05, 4.69) is 10.2 Å². The van der Waals surface area contributed by atoms with Crippen LogP contribution in [-0.2, 0) is 16.1 Å². The second kappa shape index (κ2) is 9.01. The quantitative estimate of drug-likeness (QED) is 0.793. The molecule has 1 N–H and O–H groups in total. The zero-order chi connectivity index (χ0) is 19.2. The van der Waals surface area contributed by atoms with Crippen LogP contribution in [0.2, 0.25) is 0 Å². The van der Waals surface area contributed by atoms with Crippen molar-refractivity contribution in [2.24, 2.45) is 0 Å². The SMILES string of the molecule is COc1cccc(N2CCN(CCC(=O)NCc3cccs3)[C@H](C)C2=O)c1. The smallest absolute Gasteiger partial charge is 0.244 e. The molecule has 6 nitrogen and oxygen atoms in total. The van der Waals surface area contributed by atoms with E-state index < -0.39 is 0 Å². The van der Waals surface area contributed by atoms with Crippen molar-refractivity contribution in [2.45, 2.75) is 25.9 Å². The van der Waals surface area contributed by atoms with E-state index >= 15 is 0 Å². The molecule has 27 heavy (non-hydrogen) atoms. The number of rotatable bonds is 7. The number of anilines is 1. The minimum atomic E-state index is -0.255. The molecule has 1 saturated heterocycles. The van der Waals surface area contributed by atoms with Crippen LogP contribution in [0, 0.1) is 0 Å². The fraction of sp³-hybridized carbons (Fsp3) is 0.400. The Morgan fingerprint density at radius 1 is 1.30 bits per heavy atom. The molecule has 1 aliphatic heterocycles. The molecule has 0 spiro atoms. The van der Waals surface area contributed by atoms with Gasteiger partial charge in [-0.05, 0) is 30.5 Å². The van der Waals surface area contributed by atoms with Crippen molar-refractivity contribution in [3.8, 4) is 5.75 Å². The molecule has 1 aromatic heterocycles. The van der Waals surface area contributed by atoms with Crippen molar-refractivity contribution in [1.29, 1.82) is 0 Å². The molecule has 0 radical (unpaired) electrons. The minimum Gasteiger partial charge on any atom is -0.497 e. The van der Waals surface area contributed by atoms with Gasteiger partial charge in [0.2, 0.25) is 11.8 Å². The first-order chi connectivity index (χ1) is 13.1. The molecule has 0 aliphatic carbocycles. The van der Waals surface area contributed by atoms with Crippen LogP contribution < -0.4 is 15.0 Å². The Labute approximate surface area is 163 Å². The number of carbonyl (C=O) groups is 2. The van der Waals surface area contributed by atoms with Crippen molar-refractivity contribution in [2.75, 3.05) is 31.6 Å². The second-order valence-electron chi connectivity index (χ2n) is 6.51. The third kappa shape index (κ3) is 4.87. The Morgan fingerprint density at radius 3 is 2.89 bits per heavy atom. The zero-order valence-electron chi connectivity index (χ0n) is 15.7. The lowest BCUT2D eigenvalue weighted by molar-refractivity contribution is -0.127. The lowest BCUT2D eigenvalue weighted by Gasteiger charge is -2.39. The Hall–Kier alpha value is -2.38. The standard InChI is InChI=1S/C20H25N3O3S/c1-15-20(25)23(16-5-3-6-17(13-16)26-2)11-10-22(15)9-8-19(24)21-14-18-7-4-12-27-18/h3-7,12-13,15H,8-11,14H2,1-2H3,(H,21,24)/t15-/m1/s1. The summed E-state index contributed by atoms with van der Waals surface area (Å²) >= 11 is 1.63. The van der Waals surface area contributed by atoms with Crippen LogP contribution in [0.4, 0.5) is 5.69 Å². The molecule has 0 unspecified atom stereocenters. The van der Waals surface area contributed by atoms with Gasteiger partial charge in [-0.3, -0.25) is 14.5 Å². The number of carbonyl (C=O) groups excluding carboxylic acids is 2. The van der Waals surface area contributed by atoms with Gasteiger partial charge < -0.3 is 15.0 Å². The molecular weight excluding hydrogens is 362 g/mol. The summed E-state index contributed by atoms with van der Waals surface area (Å²) in [6, 6.07) is 11.3. The van der Waals surface area contributed by atoms with E-state index in [1.165, 1.54) is 0 Å². The third-order valence-corrected chi connectivity index (χ3v) is 5.69.